The Labute approximate surface area is 134 Å². The molecule has 0 saturated carbocycles. The molecule has 0 heterocycles. The topological polar surface area (TPSA) is 12.0 Å². The SMILES string of the molecule is CCCNCc1ccc(Sc2cccc(Br)c2)c(C)c1. The number of nitrogens with one attached hydrogen (secondary N) is 1. The molecular weight excluding hydrogens is 330 g/mol. The van der Waals surface area contributed by atoms with E-state index >= 15 is 0 Å². The average Bonchev–Trinajstić information content (AvgIpc) is 2.42. The molecule has 0 aliphatic carbocycles. The van der Waals surface area contributed by atoms with Gasteiger partial charge in [-0.2, -0.15) is 0 Å². The summed E-state index contributed by atoms with van der Waals surface area (Å²) in [6, 6.07) is 15.2. The third-order valence-electron chi connectivity index (χ3n) is 3.02. The third-order valence-corrected chi connectivity index (χ3v) is 4.68. The largest absolute Gasteiger partial charge is 0.313 e. The van der Waals surface area contributed by atoms with Crippen LogP contribution in [0, 0.1) is 6.92 Å². The van der Waals surface area contributed by atoms with E-state index in [1.54, 1.807) is 0 Å². The number of halogens is 1. The van der Waals surface area contributed by atoms with Crippen molar-refractivity contribution in [3.63, 3.8) is 0 Å². The van der Waals surface area contributed by atoms with Crippen LogP contribution in [0.1, 0.15) is 24.5 Å². The predicted molar refractivity (Wildman–Crippen MR) is 91.4 cm³/mol. The standard InChI is InChI=1S/C17H20BrNS/c1-3-9-19-12-14-7-8-17(13(2)10-14)20-16-6-4-5-15(18)11-16/h4-8,10-11,19H,3,9,12H2,1-2H3. The van der Waals surface area contributed by atoms with Crippen LogP contribution in [0.25, 0.3) is 0 Å². The minimum absolute atomic E-state index is 0.955. The van der Waals surface area contributed by atoms with E-state index in [2.05, 4.69) is 77.6 Å². The van der Waals surface area contributed by atoms with E-state index in [-0.39, 0.29) is 0 Å². The van der Waals surface area contributed by atoms with E-state index in [9.17, 15) is 0 Å². The first-order chi connectivity index (χ1) is 9.69. The van der Waals surface area contributed by atoms with E-state index in [4.69, 9.17) is 0 Å². The van der Waals surface area contributed by atoms with Gasteiger partial charge in [0.2, 0.25) is 0 Å². The predicted octanol–water partition coefficient (Wildman–Crippen LogP) is 5.41. The Kier molecular flexibility index (Phi) is 6.14. The molecule has 1 N–H and O–H groups in total. The molecule has 2 aromatic rings. The van der Waals surface area contributed by atoms with Crippen molar-refractivity contribution in [3.8, 4) is 0 Å². The first-order valence-electron chi connectivity index (χ1n) is 6.92. The molecule has 0 atom stereocenters. The highest BCUT2D eigenvalue weighted by atomic mass is 79.9. The maximum absolute atomic E-state index is 3.52. The van der Waals surface area contributed by atoms with Gasteiger partial charge in [-0.3, -0.25) is 0 Å². The van der Waals surface area contributed by atoms with Crippen molar-refractivity contribution >= 4 is 27.7 Å². The normalized spacial score (nSPS) is 10.8. The first-order valence-corrected chi connectivity index (χ1v) is 8.53. The van der Waals surface area contributed by atoms with Gasteiger partial charge in [-0.1, -0.05) is 52.8 Å². The summed E-state index contributed by atoms with van der Waals surface area (Å²) < 4.78 is 1.13. The van der Waals surface area contributed by atoms with Crippen molar-refractivity contribution in [1.29, 1.82) is 0 Å². The Morgan fingerprint density at radius 3 is 2.70 bits per heavy atom. The zero-order valence-corrected chi connectivity index (χ0v) is 14.4. The maximum Gasteiger partial charge on any atom is 0.0205 e. The number of aryl methyl sites for hydroxylation is 1. The molecule has 2 rings (SSSR count). The molecule has 0 aliphatic rings. The molecule has 0 fully saturated rings. The molecule has 20 heavy (non-hydrogen) atoms. The van der Waals surface area contributed by atoms with Gasteiger partial charge in [-0.15, -0.1) is 0 Å². The van der Waals surface area contributed by atoms with Crippen LogP contribution >= 0.6 is 27.7 Å². The summed E-state index contributed by atoms with van der Waals surface area (Å²) in [5, 5.41) is 3.44. The quantitative estimate of drug-likeness (QED) is 0.699. The second-order valence-corrected chi connectivity index (χ2v) is 6.87. The third kappa shape index (κ3) is 4.65. The van der Waals surface area contributed by atoms with Crippen LogP contribution < -0.4 is 5.32 Å². The lowest BCUT2D eigenvalue weighted by Crippen LogP contribution is -2.13. The Bertz CT molecular complexity index is 569. The molecule has 0 bridgehead atoms. The van der Waals surface area contributed by atoms with E-state index < -0.39 is 0 Å². The van der Waals surface area contributed by atoms with Crippen molar-refractivity contribution in [2.45, 2.75) is 36.6 Å². The fourth-order valence-corrected chi connectivity index (χ4v) is 3.50. The summed E-state index contributed by atoms with van der Waals surface area (Å²) in [5.74, 6) is 0. The highest BCUT2D eigenvalue weighted by Gasteiger charge is 2.03. The molecule has 0 aromatic heterocycles. The second-order valence-electron chi connectivity index (χ2n) is 4.84. The minimum atomic E-state index is 0.955. The van der Waals surface area contributed by atoms with Gasteiger partial charge in [0, 0.05) is 20.8 Å². The number of hydrogen-bond donors (Lipinski definition) is 1. The molecule has 0 spiro atoms. The van der Waals surface area contributed by atoms with E-state index in [0.717, 1.165) is 17.6 Å². The Morgan fingerprint density at radius 1 is 1.15 bits per heavy atom. The minimum Gasteiger partial charge on any atom is -0.313 e. The van der Waals surface area contributed by atoms with Crippen LogP contribution in [0.3, 0.4) is 0 Å². The van der Waals surface area contributed by atoms with Gasteiger partial charge in [-0.25, -0.2) is 0 Å². The van der Waals surface area contributed by atoms with Gasteiger partial charge in [0.05, 0.1) is 0 Å². The smallest absolute Gasteiger partial charge is 0.0205 e. The van der Waals surface area contributed by atoms with Gasteiger partial charge >= 0.3 is 0 Å². The molecule has 0 amide bonds. The average molecular weight is 350 g/mol. The molecule has 1 nitrogen and oxygen atoms in total. The zero-order chi connectivity index (χ0) is 14.4. The molecule has 0 radical (unpaired) electrons. The Morgan fingerprint density at radius 2 is 2.00 bits per heavy atom. The molecule has 0 unspecified atom stereocenters. The first kappa shape index (κ1) is 15.6. The fraction of sp³-hybridized carbons (Fsp3) is 0.294. The molecule has 2 aromatic carbocycles. The van der Waals surface area contributed by atoms with Crippen LogP contribution in [-0.2, 0) is 6.54 Å². The van der Waals surface area contributed by atoms with Gasteiger partial charge in [0.25, 0.3) is 0 Å². The maximum atomic E-state index is 3.52. The number of benzene rings is 2. The van der Waals surface area contributed by atoms with Crippen molar-refractivity contribution in [3.05, 3.63) is 58.1 Å². The summed E-state index contributed by atoms with van der Waals surface area (Å²) >= 11 is 5.33. The molecule has 0 aliphatic heterocycles. The summed E-state index contributed by atoms with van der Waals surface area (Å²) in [4.78, 5) is 2.58. The molecule has 3 heteroatoms. The number of rotatable bonds is 6. The number of hydrogen-bond acceptors (Lipinski definition) is 2. The summed E-state index contributed by atoms with van der Waals surface area (Å²) in [6.45, 7) is 6.41. The van der Waals surface area contributed by atoms with E-state index in [0.29, 0.717) is 0 Å². The van der Waals surface area contributed by atoms with Gasteiger partial charge < -0.3 is 5.32 Å². The van der Waals surface area contributed by atoms with Crippen LogP contribution in [-0.4, -0.2) is 6.54 Å². The fourth-order valence-electron chi connectivity index (χ4n) is 2.00. The van der Waals surface area contributed by atoms with Crippen LogP contribution in [0.2, 0.25) is 0 Å². The monoisotopic (exact) mass is 349 g/mol. The lowest BCUT2D eigenvalue weighted by atomic mass is 10.1. The van der Waals surface area contributed by atoms with Crippen LogP contribution in [0.5, 0.6) is 0 Å². The lowest BCUT2D eigenvalue weighted by Gasteiger charge is -2.09. The van der Waals surface area contributed by atoms with Gasteiger partial charge in [0.15, 0.2) is 0 Å². The highest BCUT2D eigenvalue weighted by molar-refractivity contribution is 9.10. The Balaban J connectivity index is 2.06. The lowest BCUT2D eigenvalue weighted by molar-refractivity contribution is 0.675. The van der Waals surface area contributed by atoms with Crippen LogP contribution in [0.15, 0.2) is 56.7 Å². The molecule has 0 saturated heterocycles. The summed E-state index contributed by atoms with van der Waals surface area (Å²) in [5.41, 5.74) is 2.69. The summed E-state index contributed by atoms with van der Waals surface area (Å²) in [6.07, 6.45) is 1.18. The van der Waals surface area contributed by atoms with Crippen LogP contribution in [0.4, 0.5) is 0 Å². The Hall–Kier alpha value is -0.770. The van der Waals surface area contributed by atoms with Crippen molar-refractivity contribution in [2.75, 3.05) is 6.54 Å². The molecular formula is C17H20BrNS. The van der Waals surface area contributed by atoms with E-state index in [1.165, 1.54) is 27.3 Å². The van der Waals surface area contributed by atoms with Crippen molar-refractivity contribution in [1.82, 2.24) is 5.32 Å². The van der Waals surface area contributed by atoms with E-state index in [1.807, 2.05) is 11.8 Å². The second kappa shape index (κ2) is 7.87. The summed E-state index contributed by atoms with van der Waals surface area (Å²) in [7, 11) is 0. The van der Waals surface area contributed by atoms with Gasteiger partial charge in [0.1, 0.15) is 0 Å². The highest BCUT2D eigenvalue weighted by Crippen LogP contribution is 2.32. The zero-order valence-electron chi connectivity index (χ0n) is 11.9. The van der Waals surface area contributed by atoms with Crippen molar-refractivity contribution in [2.24, 2.45) is 0 Å². The van der Waals surface area contributed by atoms with Gasteiger partial charge in [-0.05, 0) is 55.3 Å². The molecule has 106 valence electrons. The van der Waals surface area contributed by atoms with Crippen molar-refractivity contribution < 1.29 is 0 Å².